The zero-order valence-electron chi connectivity index (χ0n) is 25.0. The van der Waals surface area contributed by atoms with Gasteiger partial charge in [0.15, 0.2) is 0 Å². The van der Waals surface area contributed by atoms with Crippen molar-refractivity contribution in [3.8, 4) is 66.8 Å². The number of hydrogen-bond donors (Lipinski definition) is 0. The Morgan fingerprint density at radius 1 is 0.244 bits per heavy atom. The molecular weight excluding hydrogens is 540 g/mol. The summed E-state index contributed by atoms with van der Waals surface area (Å²) in [6.07, 6.45) is 2.94. The molecule has 0 saturated carbocycles. The molecule has 0 atom stereocenters. The van der Waals surface area contributed by atoms with Gasteiger partial charge in [0.2, 0.25) is 0 Å². The van der Waals surface area contributed by atoms with E-state index >= 15 is 0 Å². The quantitative estimate of drug-likeness (QED) is 0.198. The third kappa shape index (κ3) is 3.72. The fraction of sp³-hybridized carbons (Fsp3) is 0.0667. The van der Waals surface area contributed by atoms with Gasteiger partial charge in [-0.25, -0.2) is 0 Å². The summed E-state index contributed by atoms with van der Waals surface area (Å²) in [6, 6.07) is 54.8. The summed E-state index contributed by atoms with van der Waals surface area (Å²) in [5.74, 6) is 0. The van der Waals surface area contributed by atoms with E-state index in [9.17, 15) is 0 Å². The highest BCUT2D eigenvalue weighted by Crippen LogP contribution is 2.47. The van der Waals surface area contributed by atoms with Crippen LogP contribution in [0, 0.1) is 0 Å². The Balaban J connectivity index is 1.20. The first-order valence-corrected chi connectivity index (χ1v) is 16.1. The standard InChI is InChI=1S/C45H30/c1-4-13-34-28(10-1)25-43-37(16-7-19-40(34)43)31-22-32(38-17-8-20-41-35-14-5-2-11-29(35)26-44(38)41)24-33(23-31)39-18-9-21-42-36-15-6-3-12-30(36)27-45(39)42/h1-24H,25-27H2. The zero-order chi connectivity index (χ0) is 29.5. The van der Waals surface area contributed by atoms with Gasteiger partial charge < -0.3 is 0 Å². The summed E-state index contributed by atoms with van der Waals surface area (Å²) in [6.45, 7) is 0. The lowest BCUT2D eigenvalue weighted by Gasteiger charge is -2.17. The van der Waals surface area contributed by atoms with Crippen LogP contribution >= 0.6 is 0 Å². The maximum absolute atomic E-state index is 2.46. The molecule has 0 N–H and O–H groups in total. The summed E-state index contributed by atoms with van der Waals surface area (Å²) < 4.78 is 0. The van der Waals surface area contributed by atoms with Crippen LogP contribution in [0.1, 0.15) is 33.4 Å². The molecule has 0 saturated heterocycles. The normalized spacial score (nSPS) is 13.1. The first-order chi connectivity index (χ1) is 22.3. The third-order valence-electron chi connectivity index (χ3n) is 10.4. The van der Waals surface area contributed by atoms with E-state index in [-0.39, 0.29) is 0 Å². The van der Waals surface area contributed by atoms with Gasteiger partial charge in [-0.05, 0) is 138 Å². The minimum Gasteiger partial charge on any atom is -0.0619 e. The summed E-state index contributed by atoms with van der Waals surface area (Å²) in [4.78, 5) is 0. The lowest BCUT2D eigenvalue weighted by atomic mass is 9.87. The average molecular weight is 571 g/mol. The second-order valence-corrected chi connectivity index (χ2v) is 12.8. The molecule has 0 radical (unpaired) electrons. The van der Waals surface area contributed by atoms with Crippen LogP contribution in [0.2, 0.25) is 0 Å². The Hall–Kier alpha value is -5.46. The van der Waals surface area contributed by atoms with Crippen LogP contribution in [0.5, 0.6) is 0 Å². The van der Waals surface area contributed by atoms with E-state index in [1.165, 1.54) is 100 Å². The summed E-state index contributed by atoms with van der Waals surface area (Å²) in [7, 11) is 0. The van der Waals surface area contributed by atoms with Gasteiger partial charge in [0.1, 0.15) is 0 Å². The predicted octanol–water partition coefficient (Wildman–Crippen LogP) is 11.4. The maximum atomic E-state index is 2.46. The second-order valence-electron chi connectivity index (χ2n) is 12.8. The highest BCUT2D eigenvalue weighted by Gasteiger charge is 2.26. The van der Waals surface area contributed by atoms with Gasteiger partial charge in [-0.1, -0.05) is 127 Å². The molecule has 0 heteroatoms. The molecule has 7 aromatic carbocycles. The van der Waals surface area contributed by atoms with Crippen molar-refractivity contribution in [1.29, 1.82) is 0 Å². The van der Waals surface area contributed by atoms with Crippen molar-refractivity contribution in [2.75, 3.05) is 0 Å². The smallest absolute Gasteiger partial charge is 0.000729 e. The highest BCUT2D eigenvalue weighted by molar-refractivity contribution is 5.93. The molecule has 0 aliphatic heterocycles. The fourth-order valence-corrected chi connectivity index (χ4v) is 8.38. The summed E-state index contributed by atoms with van der Waals surface area (Å²) in [5, 5.41) is 0. The van der Waals surface area contributed by atoms with Crippen LogP contribution in [-0.2, 0) is 19.3 Å². The van der Waals surface area contributed by atoms with Gasteiger partial charge in [0.25, 0.3) is 0 Å². The first-order valence-electron chi connectivity index (χ1n) is 16.1. The van der Waals surface area contributed by atoms with Crippen molar-refractivity contribution in [1.82, 2.24) is 0 Å². The molecule has 3 aliphatic rings. The Bertz CT molecular complexity index is 2070. The minimum absolute atomic E-state index is 0.979. The lowest BCUT2D eigenvalue weighted by Crippen LogP contribution is -1.94. The average Bonchev–Trinajstić information content (AvgIpc) is 3.79. The maximum Gasteiger partial charge on any atom is -0.000729 e. The predicted molar refractivity (Wildman–Crippen MR) is 187 cm³/mol. The van der Waals surface area contributed by atoms with Crippen LogP contribution in [0.3, 0.4) is 0 Å². The molecule has 7 aromatic rings. The molecule has 0 spiro atoms. The Kier molecular flexibility index (Phi) is 5.27. The van der Waals surface area contributed by atoms with Crippen molar-refractivity contribution < 1.29 is 0 Å². The van der Waals surface area contributed by atoms with Gasteiger partial charge >= 0.3 is 0 Å². The molecule has 0 unspecified atom stereocenters. The van der Waals surface area contributed by atoms with Crippen molar-refractivity contribution in [3.05, 3.63) is 179 Å². The molecule has 3 aliphatic carbocycles. The monoisotopic (exact) mass is 570 g/mol. The van der Waals surface area contributed by atoms with Crippen LogP contribution in [0.15, 0.2) is 146 Å². The number of benzene rings is 7. The van der Waals surface area contributed by atoms with Crippen molar-refractivity contribution in [2.45, 2.75) is 19.3 Å². The SMILES string of the molecule is c1ccc2c(c1)Cc1c(-c3cc(-c4cccc5c4Cc4ccccc4-5)cc(-c4cccc5c4Cc4ccccc4-5)c3)cccc1-2. The van der Waals surface area contributed by atoms with Gasteiger partial charge in [0, 0.05) is 0 Å². The topological polar surface area (TPSA) is 0 Å². The molecule has 0 heterocycles. The molecule has 210 valence electrons. The van der Waals surface area contributed by atoms with Gasteiger partial charge in [-0.2, -0.15) is 0 Å². The van der Waals surface area contributed by atoms with Gasteiger partial charge in [0.05, 0.1) is 0 Å². The number of hydrogen-bond acceptors (Lipinski definition) is 0. The van der Waals surface area contributed by atoms with Gasteiger partial charge in [-0.3, -0.25) is 0 Å². The molecular formula is C45H30. The highest BCUT2D eigenvalue weighted by atomic mass is 14.3. The third-order valence-corrected chi connectivity index (χ3v) is 10.4. The number of fused-ring (bicyclic) bond motifs is 9. The molecule has 0 bridgehead atoms. The van der Waals surface area contributed by atoms with Crippen molar-refractivity contribution in [2.24, 2.45) is 0 Å². The van der Waals surface area contributed by atoms with E-state index in [4.69, 9.17) is 0 Å². The summed E-state index contributed by atoms with van der Waals surface area (Å²) in [5.41, 5.74) is 24.8. The Labute approximate surface area is 264 Å². The Morgan fingerprint density at radius 3 is 0.844 bits per heavy atom. The van der Waals surface area contributed by atoms with E-state index in [1.54, 1.807) is 0 Å². The van der Waals surface area contributed by atoms with Gasteiger partial charge in [-0.15, -0.1) is 0 Å². The van der Waals surface area contributed by atoms with E-state index in [1.807, 2.05) is 0 Å². The second kappa shape index (κ2) is 9.52. The van der Waals surface area contributed by atoms with Crippen LogP contribution in [0.25, 0.3) is 66.8 Å². The molecule has 0 nitrogen and oxygen atoms in total. The van der Waals surface area contributed by atoms with E-state index in [2.05, 4.69) is 146 Å². The van der Waals surface area contributed by atoms with Crippen LogP contribution in [0.4, 0.5) is 0 Å². The zero-order valence-corrected chi connectivity index (χ0v) is 25.0. The lowest BCUT2D eigenvalue weighted by molar-refractivity contribution is 1.25. The Morgan fingerprint density at radius 2 is 0.511 bits per heavy atom. The summed E-state index contributed by atoms with van der Waals surface area (Å²) >= 11 is 0. The van der Waals surface area contributed by atoms with E-state index < -0.39 is 0 Å². The molecule has 45 heavy (non-hydrogen) atoms. The largest absolute Gasteiger partial charge is 0.0619 e. The molecule has 0 amide bonds. The minimum atomic E-state index is 0.979. The first kappa shape index (κ1) is 24.9. The van der Waals surface area contributed by atoms with Crippen LogP contribution < -0.4 is 0 Å². The van der Waals surface area contributed by atoms with Crippen LogP contribution in [-0.4, -0.2) is 0 Å². The molecule has 0 fully saturated rings. The molecule has 10 rings (SSSR count). The van der Waals surface area contributed by atoms with E-state index in [0.29, 0.717) is 0 Å². The molecule has 0 aromatic heterocycles. The van der Waals surface area contributed by atoms with Crippen molar-refractivity contribution >= 4 is 0 Å². The number of rotatable bonds is 3. The fourth-order valence-electron chi connectivity index (χ4n) is 8.38. The van der Waals surface area contributed by atoms with E-state index in [0.717, 1.165) is 19.3 Å². The van der Waals surface area contributed by atoms with Crippen molar-refractivity contribution in [3.63, 3.8) is 0 Å².